The van der Waals surface area contributed by atoms with Crippen molar-refractivity contribution in [2.24, 2.45) is 0 Å². The summed E-state index contributed by atoms with van der Waals surface area (Å²) in [5.74, 6) is -1.82. The highest BCUT2D eigenvalue weighted by atomic mass is 32.1. The molecule has 1 aliphatic carbocycles. The molecule has 0 atom stereocenters. The zero-order chi connectivity index (χ0) is 23.4. The molecular formula is C25H21FN4O3S. The molecule has 34 heavy (non-hydrogen) atoms. The molecule has 2 aromatic heterocycles. The second kappa shape index (κ2) is 7.95. The highest BCUT2D eigenvalue weighted by Gasteiger charge is 2.29. The van der Waals surface area contributed by atoms with Gasteiger partial charge in [-0.3, -0.25) is 4.79 Å². The molecule has 172 valence electrons. The minimum absolute atomic E-state index is 0.109. The standard InChI is InChI=1S/C25H21FN4O3S/c26-18-10-16-20(30(15-6-7-15)12-17(23(16)31)24(32)33)11-21(18)29-9-8-19-22(13-29)34-25(28-19)27-14-4-2-1-3-5-14/h1-5,10-12,15H,6-9,13H2,(H,27,28)(H,32,33). The van der Waals surface area contributed by atoms with Gasteiger partial charge in [-0.2, -0.15) is 0 Å². The Hall–Kier alpha value is -3.72. The van der Waals surface area contributed by atoms with Gasteiger partial charge < -0.3 is 19.9 Å². The molecule has 2 aliphatic rings. The Balaban J connectivity index is 1.36. The molecule has 9 heteroatoms. The van der Waals surface area contributed by atoms with Gasteiger partial charge in [0.25, 0.3) is 0 Å². The average molecular weight is 477 g/mol. The molecule has 1 fully saturated rings. The van der Waals surface area contributed by atoms with Crippen LogP contribution in [0.5, 0.6) is 0 Å². The van der Waals surface area contributed by atoms with Crippen LogP contribution in [0.4, 0.5) is 20.9 Å². The molecule has 1 aliphatic heterocycles. The largest absolute Gasteiger partial charge is 0.477 e. The van der Waals surface area contributed by atoms with Gasteiger partial charge in [-0.05, 0) is 37.1 Å². The molecule has 2 aromatic carbocycles. The number of hydrogen-bond acceptors (Lipinski definition) is 6. The van der Waals surface area contributed by atoms with Gasteiger partial charge in [0.2, 0.25) is 5.43 Å². The molecule has 6 rings (SSSR count). The van der Waals surface area contributed by atoms with E-state index in [1.165, 1.54) is 12.3 Å². The van der Waals surface area contributed by atoms with E-state index in [1.54, 1.807) is 17.4 Å². The van der Waals surface area contributed by atoms with Crippen molar-refractivity contribution in [1.29, 1.82) is 0 Å². The maximum atomic E-state index is 15.3. The number of hydrogen-bond donors (Lipinski definition) is 2. The van der Waals surface area contributed by atoms with E-state index in [9.17, 15) is 14.7 Å². The van der Waals surface area contributed by atoms with Crippen molar-refractivity contribution >= 4 is 44.7 Å². The number of para-hydroxylation sites is 1. The Kier molecular flexibility index (Phi) is 4.88. The summed E-state index contributed by atoms with van der Waals surface area (Å²) in [4.78, 5) is 32.1. The number of halogens is 1. The quantitative estimate of drug-likeness (QED) is 0.424. The van der Waals surface area contributed by atoms with Gasteiger partial charge in [0, 0.05) is 41.2 Å². The van der Waals surface area contributed by atoms with E-state index in [4.69, 9.17) is 4.98 Å². The highest BCUT2D eigenvalue weighted by Crippen LogP contribution is 2.39. The van der Waals surface area contributed by atoms with Crippen molar-refractivity contribution in [3.8, 4) is 0 Å². The van der Waals surface area contributed by atoms with Crippen LogP contribution in [0, 0.1) is 5.82 Å². The minimum atomic E-state index is -1.29. The Bertz CT molecular complexity index is 1490. The molecular weight excluding hydrogens is 455 g/mol. The third kappa shape index (κ3) is 3.62. The first-order chi connectivity index (χ1) is 16.5. The Morgan fingerprint density at radius 2 is 2.00 bits per heavy atom. The summed E-state index contributed by atoms with van der Waals surface area (Å²) in [5, 5.41) is 13.7. The summed E-state index contributed by atoms with van der Waals surface area (Å²) in [6.45, 7) is 1.12. The molecule has 3 heterocycles. The topological polar surface area (TPSA) is 87.5 Å². The summed E-state index contributed by atoms with van der Waals surface area (Å²) in [6, 6.07) is 12.9. The molecule has 0 spiro atoms. The van der Waals surface area contributed by atoms with E-state index < -0.39 is 17.2 Å². The monoisotopic (exact) mass is 476 g/mol. The Morgan fingerprint density at radius 3 is 2.74 bits per heavy atom. The van der Waals surface area contributed by atoms with Gasteiger partial charge in [0.1, 0.15) is 11.4 Å². The van der Waals surface area contributed by atoms with Gasteiger partial charge in [0.15, 0.2) is 5.13 Å². The van der Waals surface area contributed by atoms with Crippen molar-refractivity contribution in [2.45, 2.75) is 31.8 Å². The lowest BCUT2D eigenvalue weighted by molar-refractivity contribution is 0.0695. The van der Waals surface area contributed by atoms with E-state index in [0.29, 0.717) is 30.7 Å². The predicted octanol–water partition coefficient (Wildman–Crippen LogP) is 4.94. The Morgan fingerprint density at radius 1 is 1.21 bits per heavy atom. The molecule has 0 saturated heterocycles. The Labute approximate surface area is 198 Å². The van der Waals surface area contributed by atoms with Gasteiger partial charge in [-0.15, -0.1) is 0 Å². The number of nitrogens with zero attached hydrogens (tertiary/aromatic N) is 3. The fourth-order valence-corrected chi connectivity index (χ4v) is 5.55. The lowest BCUT2D eigenvalue weighted by atomic mass is 10.1. The number of benzene rings is 2. The lowest BCUT2D eigenvalue weighted by Gasteiger charge is -2.29. The van der Waals surface area contributed by atoms with E-state index in [-0.39, 0.29) is 17.0 Å². The van der Waals surface area contributed by atoms with E-state index in [2.05, 4.69) is 5.32 Å². The number of aromatic nitrogens is 2. The third-order valence-corrected chi connectivity index (χ3v) is 7.37. The van der Waals surface area contributed by atoms with Crippen LogP contribution in [0.2, 0.25) is 0 Å². The van der Waals surface area contributed by atoms with Gasteiger partial charge in [0.05, 0.1) is 23.4 Å². The molecule has 0 amide bonds. The van der Waals surface area contributed by atoms with Gasteiger partial charge >= 0.3 is 5.97 Å². The zero-order valence-electron chi connectivity index (χ0n) is 18.1. The van der Waals surface area contributed by atoms with Crippen LogP contribution in [-0.2, 0) is 13.0 Å². The van der Waals surface area contributed by atoms with Crippen LogP contribution in [0.15, 0.2) is 53.5 Å². The first kappa shape index (κ1) is 20.9. The number of carboxylic acid groups (broad SMARTS) is 1. The molecule has 0 bridgehead atoms. The number of carboxylic acids is 1. The van der Waals surface area contributed by atoms with Gasteiger partial charge in [-0.25, -0.2) is 14.2 Å². The van der Waals surface area contributed by atoms with Crippen LogP contribution in [0.3, 0.4) is 0 Å². The summed E-state index contributed by atoms with van der Waals surface area (Å²) >= 11 is 1.56. The normalized spacial score (nSPS) is 15.4. The van der Waals surface area contributed by atoms with E-state index >= 15 is 4.39 Å². The number of nitrogens with one attached hydrogen (secondary N) is 1. The first-order valence-electron chi connectivity index (χ1n) is 11.2. The molecule has 4 aromatic rings. The summed E-state index contributed by atoms with van der Waals surface area (Å²) < 4.78 is 17.1. The molecule has 2 N–H and O–H groups in total. The number of fused-ring (bicyclic) bond motifs is 2. The number of thiazole rings is 1. The summed E-state index contributed by atoms with van der Waals surface area (Å²) in [5.41, 5.74) is 2.00. The second-order valence-electron chi connectivity index (χ2n) is 8.69. The third-order valence-electron chi connectivity index (χ3n) is 6.37. The van der Waals surface area contributed by atoms with Crippen LogP contribution in [0.25, 0.3) is 10.9 Å². The predicted molar refractivity (Wildman–Crippen MR) is 130 cm³/mol. The molecule has 1 saturated carbocycles. The van der Waals surface area contributed by atoms with Crippen molar-refractivity contribution < 1.29 is 14.3 Å². The molecule has 0 radical (unpaired) electrons. The van der Waals surface area contributed by atoms with Crippen molar-refractivity contribution in [3.05, 3.63) is 80.8 Å². The summed E-state index contributed by atoms with van der Waals surface area (Å²) in [7, 11) is 0. The second-order valence-corrected chi connectivity index (χ2v) is 9.77. The van der Waals surface area contributed by atoms with Crippen molar-refractivity contribution in [2.75, 3.05) is 16.8 Å². The molecule has 0 unspecified atom stereocenters. The van der Waals surface area contributed by atoms with E-state index in [1.807, 2.05) is 39.8 Å². The number of rotatable bonds is 5. The van der Waals surface area contributed by atoms with Crippen LogP contribution >= 0.6 is 11.3 Å². The maximum Gasteiger partial charge on any atom is 0.341 e. The first-order valence-corrected chi connectivity index (χ1v) is 12.0. The van der Waals surface area contributed by atoms with Gasteiger partial charge in [-0.1, -0.05) is 29.5 Å². The number of carbonyl (C=O) groups is 1. The van der Waals surface area contributed by atoms with Crippen molar-refractivity contribution in [1.82, 2.24) is 9.55 Å². The zero-order valence-corrected chi connectivity index (χ0v) is 18.9. The number of aromatic carboxylic acids is 1. The van der Waals surface area contributed by atoms with Crippen LogP contribution in [0.1, 0.15) is 39.8 Å². The fourth-order valence-electron chi connectivity index (χ4n) is 4.51. The minimum Gasteiger partial charge on any atom is -0.477 e. The smallest absolute Gasteiger partial charge is 0.341 e. The SMILES string of the molecule is O=C(O)c1cn(C2CC2)c2cc(N3CCc4nc(Nc5ccccc5)sc4C3)c(F)cc2c1=O. The average Bonchev–Trinajstić information content (AvgIpc) is 3.59. The highest BCUT2D eigenvalue weighted by molar-refractivity contribution is 7.15. The fraction of sp³-hybridized carbons (Fsp3) is 0.240. The van der Waals surface area contributed by atoms with Crippen LogP contribution in [-0.4, -0.2) is 27.2 Å². The van der Waals surface area contributed by atoms with E-state index in [0.717, 1.165) is 34.2 Å². The number of anilines is 3. The van der Waals surface area contributed by atoms with Crippen molar-refractivity contribution in [3.63, 3.8) is 0 Å². The molecule has 7 nitrogen and oxygen atoms in total. The maximum absolute atomic E-state index is 15.3. The summed E-state index contributed by atoms with van der Waals surface area (Å²) in [6.07, 6.45) is 3.92. The van der Waals surface area contributed by atoms with Crippen LogP contribution < -0.4 is 15.6 Å². The lowest BCUT2D eigenvalue weighted by Crippen LogP contribution is -2.30. The number of pyridine rings is 1.